The molecule has 2 aromatic heterocycles. The Hall–Kier alpha value is -2.93. The standard InChI is InChI=1S/C26H25Cl2FN4O/c1-15(23-21(27)8-9-22(29)24(23)28)20-14-32-25-19(20)12-18(13-31-25)16-4-6-17(7-5-16)26(34)30-10-11-33(2)3/h4-9,12-15H,10-11H2,1-3H3,(H,30,34)(H,31,32). The number of H-pyrrole nitrogens is 1. The zero-order valence-corrected chi connectivity index (χ0v) is 20.6. The summed E-state index contributed by atoms with van der Waals surface area (Å²) in [6.07, 6.45) is 3.63. The molecule has 8 heteroatoms. The summed E-state index contributed by atoms with van der Waals surface area (Å²) in [5.74, 6) is -0.861. The second kappa shape index (κ2) is 10.1. The lowest BCUT2D eigenvalue weighted by molar-refractivity contribution is 0.0951. The van der Waals surface area contributed by atoms with Crippen molar-refractivity contribution in [3.05, 3.63) is 87.4 Å². The van der Waals surface area contributed by atoms with Crippen LogP contribution in [-0.4, -0.2) is 48.0 Å². The van der Waals surface area contributed by atoms with Crippen LogP contribution in [0, 0.1) is 5.82 Å². The number of nitrogens with zero attached hydrogens (tertiary/aromatic N) is 2. The van der Waals surface area contributed by atoms with Gasteiger partial charge in [-0.15, -0.1) is 0 Å². The molecule has 4 rings (SSSR count). The molecule has 1 atom stereocenters. The molecular formula is C26H25Cl2FN4O. The number of fused-ring (bicyclic) bond motifs is 1. The topological polar surface area (TPSA) is 61.0 Å². The van der Waals surface area contributed by atoms with Crippen LogP contribution in [-0.2, 0) is 0 Å². The number of halogens is 3. The molecule has 0 saturated heterocycles. The third-order valence-corrected chi connectivity index (χ3v) is 6.58. The van der Waals surface area contributed by atoms with E-state index in [2.05, 4.69) is 15.3 Å². The van der Waals surface area contributed by atoms with Crippen LogP contribution in [0.25, 0.3) is 22.2 Å². The van der Waals surface area contributed by atoms with Crippen molar-refractivity contribution in [3.63, 3.8) is 0 Å². The molecule has 0 radical (unpaired) electrons. The molecule has 0 spiro atoms. The predicted molar refractivity (Wildman–Crippen MR) is 136 cm³/mol. The Morgan fingerprint density at radius 1 is 1.15 bits per heavy atom. The summed E-state index contributed by atoms with van der Waals surface area (Å²) < 4.78 is 14.1. The molecule has 4 aromatic rings. The number of likely N-dealkylation sites (N-methyl/N-ethyl adjacent to an activating group) is 1. The number of hydrogen-bond acceptors (Lipinski definition) is 3. The molecule has 2 aromatic carbocycles. The Kier molecular flexibility index (Phi) is 7.22. The van der Waals surface area contributed by atoms with Gasteiger partial charge in [0.05, 0.1) is 5.02 Å². The molecule has 0 fully saturated rings. The Morgan fingerprint density at radius 2 is 1.88 bits per heavy atom. The van der Waals surface area contributed by atoms with Crippen molar-refractivity contribution in [1.82, 2.24) is 20.2 Å². The minimum Gasteiger partial charge on any atom is -0.351 e. The molecule has 176 valence electrons. The van der Waals surface area contributed by atoms with E-state index in [9.17, 15) is 9.18 Å². The van der Waals surface area contributed by atoms with Gasteiger partial charge in [0.2, 0.25) is 0 Å². The Bertz CT molecular complexity index is 1330. The van der Waals surface area contributed by atoms with E-state index >= 15 is 0 Å². The summed E-state index contributed by atoms with van der Waals surface area (Å²) in [6, 6.07) is 12.2. The molecule has 2 heterocycles. The van der Waals surface area contributed by atoms with Gasteiger partial charge in [-0.05, 0) is 61.1 Å². The van der Waals surface area contributed by atoms with Gasteiger partial charge in [0.15, 0.2) is 0 Å². The fourth-order valence-electron chi connectivity index (χ4n) is 3.94. The van der Waals surface area contributed by atoms with Crippen LogP contribution >= 0.6 is 23.2 Å². The number of benzene rings is 2. The van der Waals surface area contributed by atoms with E-state index in [1.807, 2.05) is 50.3 Å². The quantitative estimate of drug-likeness (QED) is 0.301. The lowest BCUT2D eigenvalue weighted by Crippen LogP contribution is -2.31. The normalized spacial score (nSPS) is 12.3. The fourth-order valence-corrected chi connectivity index (χ4v) is 4.64. The number of rotatable bonds is 7. The van der Waals surface area contributed by atoms with Crippen molar-refractivity contribution in [2.24, 2.45) is 0 Å². The van der Waals surface area contributed by atoms with Gasteiger partial charge in [-0.2, -0.15) is 0 Å². The highest BCUT2D eigenvalue weighted by molar-refractivity contribution is 6.36. The van der Waals surface area contributed by atoms with Gasteiger partial charge in [-0.3, -0.25) is 4.79 Å². The predicted octanol–water partition coefficient (Wildman–Crippen LogP) is 6.12. The zero-order valence-electron chi connectivity index (χ0n) is 19.1. The van der Waals surface area contributed by atoms with Crippen molar-refractivity contribution < 1.29 is 9.18 Å². The molecule has 1 amide bonds. The molecule has 0 aliphatic heterocycles. The maximum atomic E-state index is 14.1. The molecule has 0 saturated carbocycles. The van der Waals surface area contributed by atoms with E-state index in [0.717, 1.165) is 28.6 Å². The monoisotopic (exact) mass is 498 g/mol. The maximum absolute atomic E-state index is 14.1. The third kappa shape index (κ3) is 4.94. The summed E-state index contributed by atoms with van der Waals surface area (Å²) in [6.45, 7) is 3.30. The number of pyridine rings is 1. The Morgan fingerprint density at radius 3 is 2.59 bits per heavy atom. The average Bonchev–Trinajstić information content (AvgIpc) is 3.25. The van der Waals surface area contributed by atoms with Crippen LogP contribution < -0.4 is 5.32 Å². The van der Waals surface area contributed by atoms with Crippen molar-refractivity contribution >= 4 is 40.1 Å². The van der Waals surface area contributed by atoms with Crippen molar-refractivity contribution in [2.75, 3.05) is 27.2 Å². The molecule has 0 aliphatic carbocycles. The van der Waals surface area contributed by atoms with Crippen LogP contribution in [0.5, 0.6) is 0 Å². The number of nitrogens with one attached hydrogen (secondary N) is 2. The van der Waals surface area contributed by atoms with E-state index in [1.54, 1.807) is 18.3 Å². The smallest absolute Gasteiger partial charge is 0.251 e. The van der Waals surface area contributed by atoms with Gasteiger partial charge in [-0.25, -0.2) is 9.37 Å². The number of amides is 1. The molecule has 2 N–H and O–H groups in total. The first kappa shape index (κ1) is 24.2. The van der Waals surface area contributed by atoms with Gasteiger partial charge < -0.3 is 15.2 Å². The van der Waals surface area contributed by atoms with Crippen LogP contribution in [0.2, 0.25) is 10.0 Å². The molecule has 5 nitrogen and oxygen atoms in total. The number of hydrogen-bond donors (Lipinski definition) is 2. The molecule has 0 aliphatic rings. The van der Waals surface area contributed by atoms with Crippen LogP contribution in [0.15, 0.2) is 54.9 Å². The zero-order chi connectivity index (χ0) is 24.4. The first-order valence-electron chi connectivity index (χ1n) is 10.9. The van der Waals surface area contributed by atoms with Crippen LogP contribution in [0.3, 0.4) is 0 Å². The number of carbonyl (C=O) groups is 1. The van der Waals surface area contributed by atoms with Gasteiger partial charge >= 0.3 is 0 Å². The summed E-state index contributed by atoms with van der Waals surface area (Å²) in [7, 11) is 3.92. The van der Waals surface area contributed by atoms with E-state index in [4.69, 9.17) is 23.2 Å². The first-order chi connectivity index (χ1) is 16.3. The highest BCUT2D eigenvalue weighted by atomic mass is 35.5. The maximum Gasteiger partial charge on any atom is 0.251 e. The second-order valence-electron chi connectivity index (χ2n) is 8.48. The molecule has 0 bridgehead atoms. The largest absolute Gasteiger partial charge is 0.351 e. The SMILES string of the molecule is CC(c1c(Cl)ccc(F)c1Cl)c1c[nH]c2ncc(-c3ccc(C(=O)NCCN(C)C)cc3)cc12. The first-order valence-corrected chi connectivity index (χ1v) is 11.7. The molecule has 34 heavy (non-hydrogen) atoms. The summed E-state index contributed by atoms with van der Waals surface area (Å²) in [5.41, 5.74) is 4.60. The highest BCUT2D eigenvalue weighted by Gasteiger charge is 2.21. The van der Waals surface area contributed by atoms with Gasteiger partial charge in [0, 0.05) is 52.9 Å². The highest BCUT2D eigenvalue weighted by Crippen LogP contribution is 2.39. The van der Waals surface area contributed by atoms with E-state index < -0.39 is 5.82 Å². The lowest BCUT2D eigenvalue weighted by Gasteiger charge is -2.16. The Labute approximate surface area is 207 Å². The van der Waals surface area contributed by atoms with Crippen molar-refractivity contribution in [2.45, 2.75) is 12.8 Å². The fraction of sp³-hybridized carbons (Fsp3) is 0.231. The van der Waals surface area contributed by atoms with E-state index in [0.29, 0.717) is 28.3 Å². The van der Waals surface area contributed by atoms with Crippen molar-refractivity contribution in [1.29, 1.82) is 0 Å². The van der Waals surface area contributed by atoms with Crippen molar-refractivity contribution in [3.8, 4) is 11.1 Å². The number of carbonyl (C=O) groups excluding carboxylic acids is 1. The average molecular weight is 499 g/mol. The van der Waals surface area contributed by atoms with Gasteiger partial charge in [-0.1, -0.05) is 42.3 Å². The minimum absolute atomic E-state index is 0.0258. The summed E-state index contributed by atoms with van der Waals surface area (Å²) >= 11 is 12.6. The summed E-state index contributed by atoms with van der Waals surface area (Å²) in [5, 5.41) is 4.25. The minimum atomic E-state index is -0.502. The number of aromatic amines is 1. The molecular weight excluding hydrogens is 474 g/mol. The number of aromatic nitrogens is 2. The van der Waals surface area contributed by atoms with Crippen LogP contribution in [0.1, 0.15) is 34.3 Å². The van der Waals surface area contributed by atoms with E-state index in [-0.39, 0.29) is 16.8 Å². The second-order valence-corrected chi connectivity index (χ2v) is 9.26. The van der Waals surface area contributed by atoms with Gasteiger partial charge in [0.1, 0.15) is 11.5 Å². The molecule has 1 unspecified atom stereocenters. The Balaban J connectivity index is 1.62. The van der Waals surface area contributed by atoms with E-state index in [1.165, 1.54) is 12.1 Å². The lowest BCUT2D eigenvalue weighted by atomic mass is 9.92. The van der Waals surface area contributed by atoms with Crippen LogP contribution in [0.4, 0.5) is 4.39 Å². The van der Waals surface area contributed by atoms with Gasteiger partial charge in [0.25, 0.3) is 5.91 Å². The third-order valence-electron chi connectivity index (χ3n) is 5.87. The summed E-state index contributed by atoms with van der Waals surface area (Å²) in [4.78, 5) is 22.1.